The lowest BCUT2D eigenvalue weighted by atomic mass is 10.1. The fourth-order valence-electron chi connectivity index (χ4n) is 2.39. The second-order valence-corrected chi connectivity index (χ2v) is 6.29. The Morgan fingerprint density at radius 1 is 1.12 bits per heavy atom. The molecule has 0 bridgehead atoms. The molecule has 0 aliphatic heterocycles. The average molecular weight is 347 g/mol. The minimum Gasteiger partial charge on any atom is -0.481 e. The predicted octanol–water partition coefficient (Wildman–Crippen LogP) is 3.53. The first-order valence-electron chi connectivity index (χ1n) is 7.88. The molecule has 0 fully saturated rings. The Morgan fingerprint density at radius 2 is 1.75 bits per heavy atom. The van der Waals surface area contributed by atoms with Gasteiger partial charge in [0.05, 0.1) is 6.04 Å². The van der Waals surface area contributed by atoms with Crippen LogP contribution in [0.2, 0.25) is 5.02 Å². The van der Waals surface area contributed by atoms with Crippen molar-refractivity contribution < 1.29 is 9.53 Å². The lowest BCUT2D eigenvalue weighted by Crippen LogP contribution is -2.40. The number of carbonyl (C=O) groups is 1. The number of ether oxygens (including phenoxy) is 1. The molecule has 0 heterocycles. The van der Waals surface area contributed by atoms with E-state index in [-0.39, 0.29) is 11.9 Å². The van der Waals surface area contributed by atoms with E-state index in [1.54, 1.807) is 31.2 Å². The predicted molar refractivity (Wildman–Crippen MR) is 97.4 cm³/mol. The van der Waals surface area contributed by atoms with Crippen molar-refractivity contribution in [2.24, 2.45) is 0 Å². The smallest absolute Gasteiger partial charge is 0.260 e. The Balaban J connectivity index is 1.91. The fourth-order valence-corrected chi connectivity index (χ4v) is 2.51. The standard InChI is InChI=1S/C19H23ClN2O2/c1-14(24-17-11-9-16(20)10-12-17)19(23)21-13-18(22(2)3)15-7-5-4-6-8-15/h4-12,14,18H,13H2,1-3H3,(H,21,23). The van der Waals surface area contributed by atoms with Crippen LogP contribution in [0.3, 0.4) is 0 Å². The molecule has 4 nitrogen and oxygen atoms in total. The van der Waals surface area contributed by atoms with Gasteiger partial charge in [0.25, 0.3) is 5.91 Å². The summed E-state index contributed by atoms with van der Waals surface area (Å²) in [6, 6.07) is 17.2. The van der Waals surface area contributed by atoms with Crippen molar-refractivity contribution >= 4 is 17.5 Å². The van der Waals surface area contributed by atoms with Crippen molar-refractivity contribution in [3.05, 3.63) is 65.2 Å². The van der Waals surface area contributed by atoms with Crippen molar-refractivity contribution in [2.45, 2.75) is 19.1 Å². The molecule has 2 aromatic rings. The number of carbonyl (C=O) groups excluding carboxylic acids is 1. The summed E-state index contributed by atoms with van der Waals surface area (Å²) in [6.45, 7) is 2.25. The maximum absolute atomic E-state index is 12.3. The number of nitrogens with zero attached hydrogens (tertiary/aromatic N) is 1. The fraction of sp³-hybridized carbons (Fsp3) is 0.316. The van der Waals surface area contributed by atoms with E-state index in [0.29, 0.717) is 17.3 Å². The summed E-state index contributed by atoms with van der Waals surface area (Å²) in [5.74, 6) is 0.474. The highest BCUT2D eigenvalue weighted by Crippen LogP contribution is 2.18. The van der Waals surface area contributed by atoms with Gasteiger partial charge < -0.3 is 15.0 Å². The zero-order chi connectivity index (χ0) is 17.5. The van der Waals surface area contributed by atoms with Crippen LogP contribution in [0.1, 0.15) is 18.5 Å². The highest BCUT2D eigenvalue weighted by Gasteiger charge is 2.19. The highest BCUT2D eigenvalue weighted by atomic mass is 35.5. The molecule has 0 saturated carbocycles. The first-order chi connectivity index (χ1) is 11.5. The lowest BCUT2D eigenvalue weighted by molar-refractivity contribution is -0.127. The summed E-state index contributed by atoms with van der Waals surface area (Å²) in [5, 5.41) is 3.60. The summed E-state index contributed by atoms with van der Waals surface area (Å²) >= 11 is 5.84. The molecule has 0 aromatic heterocycles. The second kappa shape index (κ2) is 8.71. The zero-order valence-corrected chi connectivity index (χ0v) is 15.0. The first-order valence-corrected chi connectivity index (χ1v) is 8.26. The normalized spacial score (nSPS) is 13.4. The molecule has 2 rings (SSSR count). The largest absolute Gasteiger partial charge is 0.481 e. The quantitative estimate of drug-likeness (QED) is 0.834. The molecule has 0 saturated heterocycles. The molecule has 2 aromatic carbocycles. The van der Waals surface area contributed by atoms with E-state index >= 15 is 0 Å². The number of likely N-dealkylation sites (N-methyl/N-ethyl adjacent to an activating group) is 1. The number of rotatable bonds is 7. The van der Waals surface area contributed by atoms with Gasteiger partial charge in [0.1, 0.15) is 5.75 Å². The summed E-state index contributed by atoms with van der Waals surface area (Å²) in [5.41, 5.74) is 1.16. The Morgan fingerprint density at radius 3 is 2.33 bits per heavy atom. The van der Waals surface area contributed by atoms with Crippen LogP contribution in [0, 0.1) is 0 Å². The highest BCUT2D eigenvalue weighted by molar-refractivity contribution is 6.30. The van der Waals surface area contributed by atoms with Crippen LogP contribution < -0.4 is 10.1 Å². The average Bonchev–Trinajstić information content (AvgIpc) is 2.57. The van der Waals surface area contributed by atoms with Gasteiger partial charge >= 0.3 is 0 Å². The van der Waals surface area contributed by atoms with Crippen molar-refractivity contribution in [1.82, 2.24) is 10.2 Å². The number of nitrogens with one attached hydrogen (secondary N) is 1. The number of benzene rings is 2. The molecule has 24 heavy (non-hydrogen) atoms. The molecule has 1 amide bonds. The van der Waals surface area contributed by atoms with Gasteiger partial charge in [-0.3, -0.25) is 4.79 Å². The van der Waals surface area contributed by atoms with Gasteiger partial charge in [0, 0.05) is 11.6 Å². The molecule has 0 radical (unpaired) electrons. The van der Waals surface area contributed by atoms with Gasteiger partial charge in [0.15, 0.2) is 6.10 Å². The molecule has 2 atom stereocenters. The van der Waals surface area contributed by atoms with E-state index in [0.717, 1.165) is 5.56 Å². The van der Waals surface area contributed by atoms with E-state index in [4.69, 9.17) is 16.3 Å². The van der Waals surface area contributed by atoms with Gasteiger partial charge in [-0.2, -0.15) is 0 Å². The molecular formula is C19H23ClN2O2. The van der Waals surface area contributed by atoms with E-state index in [1.807, 2.05) is 32.3 Å². The number of halogens is 1. The molecule has 2 unspecified atom stereocenters. The van der Waals surface area contributed by atoms with Crippen molar-refractivity contribution in [1.29, 1.82) is 0 Å². The maximum atomic E-state index is 12.3. The topological polar surface area (TPSA) is 41.6 Å². The van der Waals surface area contributed by atoms with Gasteiger partial charge in [-0.1, -0.05) is 41.9 Å². The van der Waals surface area contributed by atoms with E-state index in [9.17, 15) is 4.79 Å². The van der Waals surface area contributed by atoms with E-state index < -0.39 is 6.10 Å². The molecule has 0 aliphatic rings. The van der Waals surface area contributed by atoms with Crippen LogP contribution in [0.5, 0.6) is 5.75 Å². The molecule has 0 aliphatic carbocycles. The van der Waals surface area contributed by atoms with E-state index in [2.05, 4.69) is 22.3 Å². The van der Waals surface area contributed by atoms with Crippen LogP contribution in [-0.4, -0.2) is 37.6 Å². The molecule has 5 heteroatoms. The molecule has 0 spiro atoms. The maximum Gasteiger partial charge on any atom is 0.260 e. The third-order valence-electron chi connectivity index (χ3n) is 3.77. The summed E-state index contributed by atoms with van der Waals surface area (Å²) in [6.07, 6.45) is -0.579. The Hall–Kier alpha value is -2.04. The lowest BCUT2D eigenvalue weighted by Gasteiger charge is -2.26. The summed E-state index contributed by atoms with van der Waals surface area (Å²) in [7, 11) is 3.99. The van der Waals surface area contributed by atoms with Crippen molar-refractivity contribution in [2.75, 3.05) is 20.6 Å². The van der Waals surface area contributed by atoms with E-state index in [1.165, 1.54) is 0 Å². The van der Waals surface area contributed by atoms with Crippen LogP contribution in [-0.2, 0) is 4.79 Å². The monoisotopic (exact) mass is 346 g/mol. The van der Waals surface area contributed by atoms with Crippen molar-refractivity contribution in [3.8, 4) is 5.75 Å². The van der Waals surface area contributed by atoms with Gasteiger partial charge in [-0.05, 0) is 50.8 Å². The second-order valence-electron chi connectivity index (χ2n) is 5.85. The third kappa shape index (κ3) is 5.25. The Bertz CT molecular complexity index is 644. The minimum atomic E-state index is -0.579. The van der Waals surface area contributed by atoms with Gasteiger partial charge in [0.2, 0.25) is 0 Å². The number of hydrogen-bond acceptors (Lipinski definition) is 3. The van der Waals surface area contributed by atoms with Crippen LogP contribution in [0.25, 0.3) is 0 Å². The Kier molecular flexibility index (Phi) is 6.64. The summed E-state index contributed by atoms with van der Waals surface area (Å²) < 4.78 is 5.65. The van der Waals surface area contributed by atoms with Crippen LogP contribution >= 0.6 is 11.6 Å². The number of amides is 1. The minimum absolute atomic E-state index is 0.109. The summed E-state index contributed by atoms with van der Waals surface area (Å²) in [4.78, 5) is 14.4. The van der Waals surface area contributed by atoms with Crippen LogP contribution in [0.4, 0.5) is 0 Å². The van der Waals surface area contributed by atoms with Crippen molar-refractivity contribution in [3.63, 3.8) is 0 Å². The van der Waals surface area contributed by atoms with Crippen LogP contribution in [0.15, 0.2) is 54.6 Å². The van der Waals surface area contributed by atoms with Gasteiger partial charge in [-0.15, -0.1) is 0 Å². The Labute approximate surface area is 148 Å². The first kappa shape index (κ1) is 18.3. The SMILES string of the molecule is CC(Oc1ccc(Cl)cc1)C(=O)NCC(c1ccccc1)N(C)C. The van der Waals surface area contributed by atoms with Gasteiger partial charge in [-0.25, -0.2) is 0 Å². The third-order valence-corrected chi connectivity index (χ3v) is 4.03. The zero-order valence-electron chi connectivity index (χ0n) is 14.2. The molecule has 128 valence electrons. The number of hydrogen-bond donors (Lipinski definition) is 1. The molecular weight excluding hydrogens is 324 g/mol. The molecule has 1 N–H and O–H groups in total.